The second-order valence-electron chi connectivity index (χ2n) is 6.69. The Hall–Kier alpha value is -0.760. The molecular weight excluding hydrogens is 376 g/mol. The van der Waals surface area contributed by atoms with E-state index in [4.69, 9.17) is 18.9 Å². The topological polar surface area (TPSA) is 71.1 Å². The summed E-state index contributed by atoms with van der Waals surface area (Å²) in [7, 11) is 0. The Balaban J connectivity index is 1.27. The lowest BCUT2D eigenvalue weighted by Crippen LogP contribution is -2.27. The van der Waals surface area contributed by atoms with Crippen LogP contribution in [0.5, 0.6) is 0 Å². The Morgan fingerprint density at radius 3 is 1.38 bits per heavy atom. The van der Waals surface area contributed by atoms with E-state index in [0.717, 1.165) is 12.8 Å². The first-order chi connectivity index (χ1) is 12.7. The molecule has 2 saturated heterocycles. The van der Waals surface area contributed by atoms with Gasteiger partial charge in [0, 0.05) is 23.3 Å². The molecule has 8 heteroatoms. The summed E-state index contributed by atoms with van der Waals surface area (Å²) >= 11 is 4.05. The van der Waals surface area contributed by atoms with Crippen molar-refractivity contribution in [1.29, 1.82) is 0 Å². The summed E-state index contributed by atoms with van der Waals surface area (Å²) in [5.74, 6) is 5.58. The molecule has 0 amide bonds. The fourth-order valence-corrected chi connectivity index (χ4v) is 5.02. The van der Waals surface area contributed by atoms with Gasteiger partial charge in [-0.1, -0.05) is 12.8 Å². The first kappa shape index (κ1) is 21.5. The summed E-state index contributed by atoms with van der Waals surface area (Å²) < 4.78 is 19.5. The van der Waals surface area contributed by atoms with Crippen molar-refractivity contribution in [2.75, 3.05) is 49.4 Å². The molecule has 2 aliphatic heterocycles. The van der Waals surface area contributed by atoms with Crippen molar-refractivity contribution in [3.63, 3.8) is 0 Å². The predicted molar refractivity (Wildman–Crippen MR) is 104 cm³/mol. The average Bonchev–Trinajstić information content (AvgIpc) is 2.65. The summed E-state index contributed by atoms with van der Waals surface area (Å²) in [5, 5.41) is 0. The highest BCUT2D eigenvalue weighted by atomic mass is 32.2. The first-order valence-electron chi connectivity index (χ1n) is 9.48. The van der Waals surface area contributed by atoms with Crippen LogP contribution in [0.15, 0.2) is 0 Å². The standard InChI is InChI=1S/C18H30O6S2/c19-17-21-11-15(12-22-17)5-1-3-7-25-9-10-26-8-4-2-6-16-13-23-18(20)24-14-16/h15-16H,1-14H2. The lowest BCUT2D eigenvalue weighted by molar-refractivity contribution is -0.0150. The number of thioether (sulfide) groups is 2. The number of unbranched alkanes of at least 4 members (excludes halogenated alkanes) is 2. The molecule has 0 spiro atoms. The van der Waals surface area contributed by atoms with Crippen LogP contribution in [0.1, 0.15) is 38.5 Å². The van der Waals surface area contributed by atoms with Gasteiger partial charge < -0.3 is 18.9 Å². The van der Waals surface area contributed by atoms with Crippen LogP contribution in [0.25, 0.3) is 0 Å². The summed E-state index contributed by atoms with van der Waals surface area (Å²) in [6.45, 7) is 2.06. The van der Waals surface area contributed by atoms with Gasteiger partial charge in [-0.15, -0.1) is 0 Å². The number of carbonyl (C=O) groups excluding carboxylic acids is 2. The van der Waals surface area contributed by atoms with Crippen LogP contribution in [-0.4, -0.2) is 61.7 Å². The van der Waals surface area contributed by atoms with Gasteiger partial charge in [0.05, 0.1) is 0 Å². The van der Waals surface area contributed by atoms with Crippen molar-refractivity contribution >= 4 is 35.8 Å². The zero-order chi connectivity index (χ0) is 18.5. The first-order valence-corrected chi connectivity index (χ1v) is 11.8. The lowest BCUT2D eigenvalue weighted by Gasteiger charge is -2.21. The van der Waals surface area contributed by atoms with Crippen LogP contribution >= 0.6 is 23.5 Å². The molecule has 6 nitrogen and oxygen atoms in total. The van der Waals surface area contributed by atoms with Crippen LogP contribution in [0.3, 0.4) is 0 Å². The maximum absolute atomic E-state index is 10.8. The highest BCUT2D eigenvalue weighted by Crippen LogP contribution is 2.18. The number of ether oxygens (including phenoxy) is 4. The molecular formula is C18H30O6S2. The second-order valence-corrected chi connectivity index (χ2v) is 9.14. The Bertz CT molecular complexity index is 362. The maximum atomic E-state index is 10.8. The van der Waals surface area contributed by atoms with E-state index in [1.165, 1.54) is 48.7 Å². The molecule has 2 aliphatic rings. The quantitative estimate of drug-likeness (QED) is 0.330. The van der Waals surface area contributed by atoms with Crippen molar-refractivity contribution in [3.8, 4) is 0 Å². The third-order valence-corrected chi connectivity index (χ3v) is 6.82. The number of hydrogen-bond acceptors (Lipinski definition) is 8. The van der Waals surface area contributed by atoms with E-state index >= 15 is 0 Å². The highest BCUT2D eigenvalue weighted by molar-refractivity contribution is 8.02. The van der Waals surface area contributed by atoms with Gasteiger partial charge in [0.2, 0.25) is 0 Å². The summed E-state index contributed by atoms with van der Waals surface area (Å²) in [4.78, 5) is 21.6. The molecule has 0 atom stereocenters. The molecule has 0 aromatic heterocycles. The highest BCUT2D eigenvalue weighted by Gasteiger charge is 2.21. The minimum atomic E-state index is -0.525. The minimum absolute atomic E-state index is 0.375. The van der Waals surface area contributed by atoms with E-state index in [1.807, 2.05) is 23.5 Å². The van der Waals surface area contributed by atoms with Gasteiger partial charge in [-0.05, 0) is 37.2 Å². The van der Waals surface area contributed by atoms with E-state index in [2.05, 4.69) is 0 Å². The minimum Gasteiger partial charge on any atom is -0.434 e. The monoisotopic (exact) mass is 406 g/mol. The van der Waals surface area contributed by atoms with Gasteiger partial charge in [-0.2, -0.15) is 23.5 Å². The SMILES string of the molecule is O=C1OCC(CCCCSCCSCCCCC2COC(=O)OC2)CO1. The van der Waals surface area contributed by atoms with Crippen molar-refractivity contribution in [3.05, 3.63) is 0 Å². The fraction of sp³-hybridized carbons (Fsp3) is 0.889. The van der Waals surface area contributed by atoms with Crippen molar-refractivity contribution in [2.45, 2.75) is 38.5 Å². The zero-order valence-electron chi connectivity index (χ0n) is 15.3. The van der Waals surface area contributed by atoms with Gasteiger partial charge in [-0.3, -0.25) is 0 Å². The van der Waals surface area contributed by atoms with E-state index in [-0.39, 0.29) is 0 Å². The maximum Gasteiger partial charge on any atom is 0.508 e. The molecule has 0 unspecified atom stereocenters. The number of cyclic esters (lactones) is 4. The molecule has 0 aromatic carbocycles. The van der Waals surface area contributed by atoms with Gasteiger partial charge in [0.1, 0.15) is 26.4 Å². The second kappa shape index (κ2) is 13.4. The summed E-state index contributed by atoms with van der Waals surface area (Å²) in [5.41, 5.74) is 0. The number of rotatable bonds is 13. The molecule has 0 aromatic rings. The lowest BCUT2D eigenvalue weighted by atomic mass is 10.0. The molecule has 0 bridgehead atoms. The van der Waals surface area contributed by atoms with Gasteiger partial charge in [-0.25, -0.2) is 9.59 Å². The number of carbonyl (C=O) groups is 2. The van der Waals surface area contributed by atoms with Gasteiger partial charge >= 0.3 is 12.3 Å². The summed E-state index contributed by atoms with van der Waals surface area (Å²) in [6, 6.07) is 0. The van der Waals surface area contributed by atoms with Gasteiger partial charge in [0.25, 0.3) is 0 Å². The Morgan fingerprint density at radius 1 is 0.615 bits per heavy atom. The Morgan fingerprint density at radius 2 is 1.00 bits per heavy atom. The third kappa shape index (κ3) is 9.80. The van der Waals surface area contributed by atoms with Gasteiger partial charge in [0.15, 0.2) is 0 Å². The Labute approximate surface area is 164 Å². The molecule has 2 rings (SSSR count). The Kier molecular flexibility index (Phi) is 11.1. The molecule has 150 valence electrons. The average molecular weight is 407 g/mol. The van der Waals surface area contributed by atoms with E-state index in [1.54, 1.807) is 0 Å². The molecule has 0 aliphatic carbocycles. The van der Waals surface area contributed by atoms with Crippen LogP contribution in [-0.2, 0) is 18.9 Å². The molecule has 2 heterocycles. The van der Waals surface area contributed by atoms with Crippen LogP contribution in [0.2, 0.25) is 0 Å². The normalized spacial score (nSPS) is 18.8. The molecule has 26 heavy (non-hydrogen) atoms. The number of hydrogen-bond donors (Lipinski definition) is 0. The molecule has 2 fully saturated rings. The van der Waals surface area contributed by atoms with Crippen molar-refractivity contribution in [1.82, 2.24) is 0 Å². The van der Waals surface area contributed by atoms with Crippen LogP contribution in [0, 0.1) is 11.8 Å². The third-order valence-electron chi connectivity index (χ3n) is 4.42. The molecule has 0 radical (unpaired) electrons. The van der Waals surface area contributed by atoms with E-state index in [0.29, 0.717) is 38.3 Å². The predicted octanol–water partition coefficient (Wildman–Crippen LogP) is 4.36. The van der Waals surface area contributed by atoms with E-state index < -0.39 is 12.3 Å². The largest absolute Gasteiger partial charge is 0.508 e. The van der Waals surface area contributed by atoms with E-state index in [9.17, 15) is 9.59 Å². The summed E-state index contributed by atoms with van der Waals surface area (Å²) in [6.07, 6.45) is 5.88. The smallest absolute Gasteiger partial charge is 0.434 e. The molecule has 0 saturated carbocycles. The van der Waals surface area contributed by atoms with Crippen LogP contribution in [0.4, 0.5) is 9.59 Å². The zero-order valence-corrected chi connectivity index (χ0v) is 17.0. The molecule has 0 N–H and O–H groups in total. The van der Waals surface area contributed by atoms with Crippen LogP contribution < -0.4 is 0 Å². The fourth-order valence-electron chi connectivity index (χ4n) is 2.85. The van der Waals surface area contributed by atoms with Crippen molar-refractivity contribution in [2.24, 2.45) is 11.8 Å². The van der Waals surface area contributed by atoms with Crippen molar-refractivity contribution < 1.29 is 28.5 Å².